The van der Waals surface area contributed by atoms with E-state index in [2.05, 4.69) is 22.9 Å². The zero-order valence-corrected chi connectivity index (χ0v) is 25.4. The molecule has 0 bridgehead atoms. The van der Waals surface area contributed by atoms with Crippen molar-refractivity contribution in [3.63, 3.8) is 0 Å². The first-order valence-corrected chi connectivity index (χ1v) is 16.0. The Balaban J connectivity index is 1.85. The van der Waals surface area contributed by atoms with Crippen LogP contribution in [0, 0.1) is 13.8 Å². The summed E-state index contributed by atoms with van der Waals surface area (Å²) in [5.41, 5.74) is 9.49. The lowest BCUT2D eigenvalue weighted by atomic mass is 9.97. The van der Waals surface area contributed by atoms with Crippen molar-refractivity contribution in [3.8, 4) is 22.6 Å². The zero-order chi connectivity index (χ0) is 30.8. The van der Waals surface area contributed by atoms with E-state index in [0.717, 1.165) is 23.8 Å². The number of rotatable bonds is 10. The molecule has 4 rings (SSSR count). The number of benzene rings is 4. The van der Waals surface area contributed by atoms with Gasteiger partial charge in [0.05, 0.1) is 35.7 Å². The summed E-state index contributed by atoms with van der Waals surface area (Å²) in [6.45, 7) is 3.78. The van der Waals surface area contributed by atoms with Crippen molar-refractivity contribution < 1.29 is 35.4 Å². The Bertz CT molecular complexity index is 1930. The number of hydrogen-bond donors (Lipinski definition) is 4. The summed E-state index contributed by atoms with van der Waals surface area (Å²) in [6, 6.07) is 13.3. The van der Waals surface area contributed by atoms with Gasteiger partial charge >= 0.3 is 0 Å². The van der Waals surface area contributed by atoms with E-state index in [-0.39, 0.29) is 23.3 Å². The highest BCUT2D eigenvalue weighted by Crippen LogP contribution is 2.39. The van der Waals surface area contributed by atoms with Gasteiger partial charge in [0.25, 0.3) is 20.2 Å². The van der Waals surface area contributed by atoms with Gasteiger partial charge in [-0.05, 0) is 84.5 Å². The fourth-order valence-corrected chi connectivity index (χ4v) is 5.76. The van der Waals surface area contributed by atoms with Crippen molar-refractivity contribution in [3.05, 3.63) is 65.7 Å². The number of methoxy groups -OCH3 is 1. The molecule has 0 aromatic heterocycles. The van der Waals surface area contributed by atoms with Crippen molar-refractivity contribution in [2.75, 3.05) is 25.2 Å². The molecule has 0 aliphatic rings. The molecule has 4 aromatic rings. The van der Waals surface area contributed by atoms with Crippen LogP contribution in [-0.4, -0.2) is 45.4 Å². The number of nitrogens with two attached hydrogens (primary N) is 1. The second kappa shape index (κ2) is 12.3. The van der Waals surface area contributed by atoms with Crippen molar-refractivity contribution in [2.45, 2.75) is 30.1 Å². The van der Waals surface area contributed by atoms with Crippen LogP contribution in [0.1, 0.15) is 17.5 Å². The average molecular weight is 632 g/mol. The lowest BCUT2D eigenvalue weighted by molar-refractivity contribution is 0.321. The van der Waals surface area contributed by atoms with Crippen molar-refractivity contribution in [1.82, 2.24) is 0 Å². The fourth-order valence-electron chi connectivity index (χ4n) is 4.38. The highest BCUT2D eigenvalue weighted by Gasteiger charge is 2.23. The minimum absolute atomic E-state index is 0.113. The molecule has 14 heteroatoms. The summed E-state index contributed by atoms with van der Waals surface area (Å²) >= 11 is 4.15. The molecule has 4 N–H and O–H groups in total. The van der Waals surface area contributed by atoms with Crippen LogP contribution in [0.25, 0.3) is 21.9 Å². The van der Waals surface area contributed by atoms with E-state index in [1.165, 1.54) is 13.2 Å². The summed E-state index contributed by atoms with van der Waals surface area (Å²) in [7, 11) is -7.91. The van der Waals surface area contributed by atoms with E-state index in [4.69, 9.17) is 15.2 Å². The summed E-state index contributed by atoms with van der Waals surface area (Å²) < 4.78 is 79.6. The second-order valence-corrected chi connectivity index (χ2v) is 12.7. The van der Waals surface area contributed by atoms with Crippen LogP contribution in [0.15, 0.2) is 74.6 Å². The lowest BCUT2D eigenvalue weighted by Gasteiger charge is -2.16. The van der Waals surface area contributed by atoms with Crippen LogP contribution in [0.3, 0.4) is 0 Å². The molecule has 0 fully saturated rings. The topological polar surface area (TPSA) is 178 Å². The van der Waals surface area contributed by atoms with Crippen molar-refractivity contribution in [1.29, 1.82) is 0 Å². The van der Waals surface area contributed by atoms with Gasteiger partial charge in [0.15, 0.2) is 0 Å². The lowest BCUT2D eigenvalue weighted by Crippen LogP contribution is -2.05. The van der Waals surface area contributed by atoms with Gasteiger partial charge in [-0.25, -0.2) is 0 Å². The number of nitrogens with zero attached hydrogens (tertiary/aromatic N) is 2. The number of anilines is 1. The van der Waals surface area contributed by atoms with Gasteiger partial charge in [-0.15, -0.1) is 0 Å². The average Bonchev–Trinajstić information content (AvgIpc) is 2.91. The van der Waals surface area contributed by atoms with Gasteiger partial charge in [0.1, 0.15) is 16.4 Å². The Morgan fingerprint density at radius 2 is 1.60 bits per heavy atom. The molecule has 222 valence electrons. The van der Waals surface area contributed by atoms with Gasteiger partial charge in [-0.3, -0.25) is 9.11 Å². The van der Waals surface area contributed by atoms with E-state index in [1.54, 1.807) is 37.3 Å². The molecule has 0 unspecified atom stereocenters. The molecule has 0 saturated heterocycles. The van der Waals surface area contributed by atoms with Crippen molar-refractivity contribution >= 4 is 60.7 Å². The van der Waals surface area contributed by atoms with Crippen LogP contribution in [0.2, 0.25) is 0 Å². The third kappa shape index (κ3) is 6.85. The molecule has 0 amide bonds. The first-order chi connectivity index (χ1) is 19.7. The van der Waals surface area contributed by atoms with Gasteiger partial charge < -0.3 is 15.2 Å². The predicted molar refractivity (Wildman–Crippen MR) is 164 cm³/mol. The number of fused-ring (bicyclic) bond motifs is 1. The minimum atomic E-state index is -4.77. The molecule has 0 heterocycles. The number of thiol groups is 1. The molecule has 11 nitrogen and oxygen atoms in total. The summed E-state index contributed by atoms with van der Waals surface area (Å²) in [5, 5.41) is 9.11. The Labute approximate surface area is 249 Å². The van der Waals surface area contributed by atoms with Crippen LogP contribution in [0.5, 0.6) is 11.5 Å². The Morgan fingerprint density at radius 1 is 0.857 bits per heavy atom. The smallest absolute Gasteiger partial charge is 0.295 e. The van der Waals surface area contributed by atoms with Crippen LogP contribution < -0.4 is 15.2 Å². The second-order valence-electron chi connectivity index (χ2n) is 9.45. The predicted octanol–water partition coefficient (Wildman–Crippen LogP) is 6.32. The third-order valence-electron chi connectivity index (χ3n) is 6.45. The number of nitrogen functional groups attached to an aromatic ring is 1. The largest absolute Gasteiger partial charge is 0.495 e. The first-order valence-electron chi connectivity index (χ1n) is 12.5. The van der Waals surface area contributed by atoms with Crippen molar-refractivity contribution in [2.24, 2.45) is 10.2 Å². The molecule has 4 aromatic carbocycles. The molecule has 0 spiro atoms. The van der Waals surface area contributed by atoms with Crippen LogP contribution in [-0.2, 0) is 20.2 Å². The quantitative estimate of drug-likeness (QED) is 0.0512. The maximum atomic E-state index is 12.5. The van der Waals surface area contributed by atoms with Gasteiger partial charge in [0.2, 0.25) is 0 Å². The van der Waals surface area contributed by atoms with E-state index < -0.39 is 30.0 Å². The normalized spacial score (nSPS) is 12.2. The standard InChI is InChI=1S/C28H29N3O8S3/c1-16-9-19(30-31-25-15-27(38-3)24(29)10-17(25)2)5-6-21(16)23-14-22-18(12-28(23)42(35,36)37)11-20(41(32,33)34)13-26(22)39-7-4-8-40/h5-6,9-15,40H,4,7-8,29H2,1-3H3,(H,32,33,34)(H,35,36,37). The molecule has 0 radical (unpaired) electrons. The minimum Gasteiger partial charge on any atom is -0.495 e. The maximum Gasteiger partial charge on any atom is 0.295 e. The fraction of sp³-hybridized carbons (Fsp3) is 0.214. The Hall–Kier alpha value is -3.69. The summed E-state index contributed by atoms with van der Waals surface area (Å²) in [5.74, 6) is 1.10. The molecular weight excluding hydrogens is 603 g/mol. The molecule has 0 aliphatic carbocycles. The van der Waals surface area contributed by atoms with Gasteiger partial charge in [-0.1, -0.05) is 6.07 Å². The number of hydrogen-bond acceptors (Lipinski definition) is 10. The van der Waals surface area contributed by atoms with E-state index in [1.807, 2.05) is 6.92 Å². The van der Waals surface area contributed by atoms with E-state index in [0.29, 0.717) is 51.5 Å². The van der Waals surface area contributed by atoms with E-state index >= 15 is 0 Å². The Kier molecular flexibility index (Phi) is 9.13. The third-order valence-corrected chi connectivity index (χ3v) is 8.49. The molecule has 0 atom stereocenters. The van der Waals surface area contributed by atoms with Gasteiger partial charge in [0, 0.05) is 23.1 Å². The highest BCUT2D eigenvalue weighted by atomic mass is 32.2. The van der Waals surface area contributed by atoms with Crippen LogP contribution >= 0.6 is 12.6 Å². The number of azo groups is 1. The summed E-state index contributed by atoms with van der Waals surface area (Å²) in [4.78, 5) is -0.935. The van der Waals surface area contributed by atoms with E-state index in [9.17, 15) is 25.9 Å². The number of aryl methyl sites for hydroxylation is 2. The summed E-state index contributed by atoms with van der Waals surface area (Å²) in [6.07, 6.45) is 0.550. The molecular formula is C28H29N3O8S3. The maximum absolute atomic E-state index is 12.5. The van der Waals surface area contributed by atoms with Gasteiger partial charge in [-0.2, -0.15) is 39.7 Å². The molecule has 42 heavy (non-hydrogen) atoms. The number of ether oxygens (including phenoxy) is 2. The monoisotopic (exact) mass is 631 g/mol. The Morgan fingerprint density at radius 3 is 2.21 bits per heavy atom. The first kappa shape index (κ1) is 31.3. The SMILES string of the molecule is COc1cc(N=Nc2ccc(-c3cc4c(OCCCS)cc(S(=O)(=O)O)cc4cc3S(=O)(=O)O)c(C)c2)c(C)cc1N. The molecule has 0 saturated carbocycles. The molecule has 0 aliphatic heterocycles. The highest BCUT2D eigenvalue weighted by molar-refractivity contribution is 7.86. The van der Waals surface area contributed by atoms with Crippen LogP contribution in [0.4, 0.5) is 17.1 Å². The zero-order valence-electron chi connectivity index (χ0n) is 22.9.